The van der Waals surface area contributed by atoms with Gasteiger partial charge in [-0.25, -0.2) is 15.8 Å². The first kappa shape index (κ1) is 25.4. The van der Waals surface area contributed by atoms with Crippen molar-refractivity contribution in [2.75, 3.05) is 5.73 Å². The summed E-state index contributed by atoms with van der Waals surface area (Å²) in [7, 11) is 0. The second-order valence-corrected chi connectivity index (χ2v) is 8.29. The molecule has 0 amide bonds. The molecule has 0 saturated heterocycles. The number of rotatable bonds is 11. The molecule has 0 spiro atoms. The highest BCUT2D eigenvalue weighted by Gasteiger charge is 2.18. The van der Waals surface area contributed by atoms with E-state index in [0.29, 0.717) is 57.0 Å². The maximum absolute atomic E-state index is 10.6. The van der Waals surface area contributed by atoms with Crippen molar-refractivity contribution in [1.29, 1.82) is 0 Å². The summed E-state index contributed by atoms with van der Waals surface area (Å²) in [6.07, 6.45) is 0. The van der Waals surface area contributed by atoms with Crippen molar-refractivity contribution in [3.8, 4) is 5.75 Å². The highest BCUT2D eigenvalue weighted by molar-refractivity contribution is 7.95. The van der Waals surface area contributed by atoms with Gasteiger partial charge in [0.2, 0.25) is 0 Å². The molecule has 13 nitrogen and oxygen atoms in total. The van der Waals surface area contributed by atoms with E-state index in [4.69, 9.17) is 21.5 Å². The Labute approximate surface area is 198 Å². The molecule has 0 fully saturated rings. The molecule has 0 heterocycles. The largest absolute Gasteiger partial charge is 0.507 e. The van der Waals surface area contributed by atoms with Crippen LogP contribution in [0.1, 0.15) is 5.56 Å². The lowest BCUT2D eigenvalue weighted by molar-refractivity contribution is -0.432. The molecular weight excluding hydrogens is 502 g/mol. The van der Waals surface area contributed by atoms with Crippen LogP contribution in [0.25, 0.3) is 10.8 Å². The predicted octanol–water partition coefficient (Wildman–Crippen LogP) is 6.14. The lowest BCUT2D eigenvalue weighted by Crippen LogP contribution is -1.93. The van der Waals surface area contributed by atoms with Crippen LogP contribution in [0.15, 0.2) is 61.3 Å². The molecule has 176 valence electrons. The number of azo groups is 1. The summed E-state index contributed by atoms with van der Waals surface area (Å²) in [5, 5.41) is 55.9. The van der Waals surface area contributed by atoms with E-state index >= 15 is 0 Å². The first-order chi connectivity index (χ1) is 16.0. The second kappa shape index (κ2) is 12.3. The minimum Gasteiger partial charge on any atom is -0.507 e. The maximum atomic E-state index is 10.6. The van der Waals surface area contributed by atoms with Gasteiger partial charge in [0, 0.05) is 4.90 Å². The van der Waals surface area contributed by atoms with Gasteiger partial charge >= 0.3 is 0 Å². The molecule has 0 saturated carbocycles. The number of benzene rings is 3. The SMILES string of the molecule is Cc1ccc(N=Nc2c(N)c(SOOO)cc3cc(SOOO)cc(O)c23)c(SOOO)c1. The molecule has 6 N–H and O–H groups in total. The van der Waals surface area contributed by atoms with Gasteiger partial charge in [0.15, 0.2) is 0 Å². The molecule has 0 atom stereocenters. The van der Waals surface area contributed by atoms with Crippen molar-refractivity contribution >= 4 is 64.0 Å². The van der Waals surface area contributed by atoms with Crippen LogP contribution in [-0.2, 0) is 28.1 Å². The first-order valence-corrected chi connectivity index (χ1v) is 10.8. The molecule has 0 aliphatic rings. The molecule has 0 aliphatic heterocycles. The fourth-order valence-electron chi connectivity index (χ4n) is 2.72. The molecule has 16 heteroatoms. The molecule has 0 radical (unpaired) electrons. The number of aryl methyl sites for hydroxylation is 1. The van der Waals surface area contributed by atoms with E-state index in [1.165, 1.54) is 12.1 Å². The summed E-state index contributed by atoms with van der Waals surface area (Å²) in [6, 6.07) is 9.62. The highest BCUT2D eigenvalue weighted by Crippen LogP contribution is 2.46. The Balaban J connectivity index is 2.13. The zero-order valence-corrected chi connectivity index (χ0v) is 18.8. The molecule has 0 unspecified atom stereocenters. The third kappa shape index (κ3) is 6.44. The lowest BCUT2D eigenvalue weighted by Gasteiger charge is -2.12. The van der Waals surface area contributed by atoms with Crippen LogP contribution in [0.3, 0.4) is 0 Å². The van der Waals surface area contributed by atoms with E-state index in [9.17, 15) is 5.11 Å². The number of fused-ring (bicyclic) bond motifs is 1. The van der Waals surface area contributed by atoms with E-state index in [1.54, 1.807) is 24.3 Å². The average Bonchev–Trinajstić information content (AvgIpc) is 2.80. The maximum Gasteiger partial charge on any atom is 0.126 e. The standard InChI is InChI=1S/C17H15N3O10S3/c1-8-2-3-11(13(4-8)32-29-26-23)19-20-17-15-9(6-14(16(17)18)33-30-27-24)5-10(7-12(15)21)31-28-25-22/h2-7,21-24H,18H2,1H3. The molecular formula is C17H15N3O10S3. The third-order valence-electron chi connectivity index (χ3n) is 4.01. The van der Waals surface area contributed by atoms with Crippen LogP contribution in [0.2, 0.25) is 0 Å². The Bertz CT molecular complexity index is 1150. The quantitative estimate of drug-likeness (QED) is 0.0641. The Morgan fingerprint density at radius 1 is 0.818 bits per heavy atom. The Morgan fingerprint density at radius 2 is 1.48 bits per heavy atom. The number of nitrogens with zero attached hydrogens (tertiary/aromatic N) is 2. The van der Waals surface area contributed by atoms with Crippen molar-refractivity contribution in [2.24, 2.45) is 10.2 Å². The highest BCUT2D eigenvalue weighted by atomic mass is 32.2. The monoisotopic (exact) mass is 517 g/mol. The second-order valence-electron chi connectivity index (χ2n) is 6.03. The zero-order chi connectivity index (χ0) is 23.8. The van der Waals surface area contributed by atoms with Gasteiger partial charge in [-0.2, -0.15) is 0 Å². The number of nitrogen functional groups attached to an aromatic ring is 1. The minimum absolute atomic E-state index is 0.0650. The van der Waals surface area contributed by atoms with E-state index in [1.807, 2.05) is 6.92 Å². The summed E-state index contributed by atoms with van der Waals surface area (Å²) in [5.41, 5.74) is 7.60. The van der Waals surface area contributed by atoms with Crippen LogP contribution in [0.4, 0.5) is 17.1 Å². The summed E-state index contributed by atoms with van der Waals surface area (Å²) in [6.45, 7) is 1.85. The molecule has 0 bridgehead atoms. The Kier molecular flexibility index (Phi) is 9.50. The fraction of sp³-hybridized carbons (Fsp3) is 0.0588. The van der Waals surface area contributed by atoms with Crippen LogP contribution < -0.4 is 5.73 Å². The Morgan fingerprint density at radius 3 is 2.18 bits per heavy atom. The number of aromatic hydroxyl groups is 1. The molecule has 3 aromatic rings. The van der Waals surface area contributed by atoms with Crippen molar-refractivity contribution in [2.45, 2.75) is 21.6 Å². The molecule has 0 aromatic heterocycles. The Hall–Kier alpha value is -2.19. The van der Waals surface area contributed by atoms with Crippen molar-refractivity contribution < 1.29 is 49.0 Å². The summed E-state index contributed by atoms with van der Waals surface area (Å²) < 4.78 is 13.4. The van der Waals surface area contributed by atoms with Gasteiger partial charge in [0.25, 0.3) is 0 Å². The fourth-order valence-corrected chi connectivity index (χ4v) is 4.16. The van der Waals surface area contributed by atoms with E-state index in [2.05, 4.69) is 38.3 Å². The topological polar surface area (TPSA) is 187 Å². The number of hydrogen-bond donors (Lipinski definition) is 5. The van der Waals surface area contributed by atoms with Crippen LogP contribution in [0, 0.1) is 6.92 Å². The minimum atomic E-state index is -0.219. The van der Waals surface area contributed by atoms with Crippen LogP contribution >= 0.6 is 36.1 Å². The number of anilines is 1. The molecule has 33 heavy (non-hydrogen) atoms. The van der Waals surface area contributed by atoms with Gasteiger partial charge < -0.3 is 10.8 Å². The number of nitrogens with two attached hydrogens (primary N) is 1. The zero-order valence-electron chi connectivity index (χ0n) is 16.4. The number of phenols is 1. The van der Waals surface area contributed by atoms with Crippen LogP contribution in [0.5, 0.6) is 5.75 Å². The van der Waals surface area contributed by atoms with Gasteiger partial charge in [-0.1, -0.05) is 21.2 Å². The molecule has 0 aliphatic carbocycles. The van der Waals surface area contributed by atoms with Gasteiger partial charge in [-0.05, 0) is 48.2 Å². The summed E-state index contributed by atoms with van der Waals surface area (Å²) in [5.74, 6) is -0.219. The van der Waals surface area contributed by atoms with Gasteiger partial charge in [-0.3, -0.25) is 0 Å². The third-order valence-corrected chi connectivity index (χ3v) is 5.85. The smallest absolute Gasteiger partial charge is 0.126 e. The van der Waals surface area contributed by atoms with E-state index in [0.717, 1.165) is 5.56 Å². The van der Waals surface area contributed by atoms with Crippen LogP contribution in [-0.4, -0.2) is 20.9 Å². The van der Waals surface area contributed by atoms with E-state index in [-0.39, 0.29) is 27.4 Å². The normalized spacial score (nSPS) is 11.6. The average molecular weight is 518 g/mol. The first-order valence-electron chi connectivity index (χ1n) is 8.54. The van der Waals surface area contributed by atoms with Gasteiger partial charge in [0.1, 0.15) is 17.1 Å². The van der Waals surface area contributed by atoms with Crippen molar-refractivity contribution in [3.63, 3.8) is 0 Å². The van der Waals surface area contributed by atoms with Gasteiger partial charge in [0.05, 0.1) is 57.0 Å². The number of hydrogen-bond acceptors (Lipinski definition) is 16. The lowest BCUT2D eigenvalue weighted by atomic mass is 10.1. The number of phenolic OH excluding ortho intramolecular Hbond substituents is 1. The molecule has 3 aromatic carbocycles. The van der Waals surface area contributed by atoms with Gasteiger partial charge in [-0.15, -0.1) is 23.2 Å². The molecule has 3 rings (SSSR count). The summed E-state index contributed by atoms with van der Waals surface area (Å²) in [4.78, 5) is 1.12. The summed E-state index contributed by atoms with van der Waals surface area (Å²) >= 11 is 1.93. The van der Waals surface area contributed by atoms with Crippen molar-refractivity contribution in [3.05, 3.63) is 42.0 Å². The van der Waals surface area contributed by atoms with E-state index < -0.39 is 0 Å². The predicted molar refractivity (Wildman–Crippen MR) is 117 cm³/mol. The van der Waals surface area contributed by atoms with Crippen molar-refractivity contribution in [1.82, 2.24) is 0 Å².